The summed E-state index contributed by atoms with van der Waals surface area (Å²) in [5.41, 5.74) is 1.50. The molecule has 38 heavy (non-hydrogen) atoms. The predicted octanol–water partition coefficient (Wildman–Crippen LogP) is 5.39. The Kier molecular flexibility index (Phi) is 8.92. The van der Waals surface area contributed by atoms with Crippen LogP contribution in [0.3, 0.4) is 0 Å². The zero-order valence-electron chi connectivity index (χ0n) is 22.0. The second-order valence-corrected chi connectivity index (χ2v) is 10.4. The van der Waals surface area contributed by atoms with Crippen LogP contribution in [-0.4, -0.2) is 47.0 Å². The largest absolute Gasteiger partial charge is 0.462 e. The minimum absolute atomic E-state index is 0.116. The van der Waals surface area contributed by atoms with Crippen LogP contribution >= 0.6 is 0 Å². The highest BCUT2D eigenvalue weighted by molar-refractivity contribution is 6.13. The van der Waals surface area contributed by atoms with Gasteiger partial charge in [-0.05, 0) is 43.7 Å². The molecule has 2 aromatic carbocycles. The fourth-order valence-electron chi connectivity index (χ4n) is 5.30. The lowest BCUT2D eigenvalue weighted by atomic mass is 9.90. The van der Waals surface area contributed by atoms with Gasteiger partial charge in [-0.3, -0.25) is 23.7 Å². The molecule has 0 spiro atoms. The first-order chi connectivity index (χ1) is 18.3. The standard InChI is InChI=1S/C30H35FN2O5/c1-19(2)23(16-28(35)33-25-14-8-6-12-21(25)22-13-7-9-15-26(22)33)30(37)32-24(27(34)18-31)17-29(36)38-20-10-4-3-5-11-20/h6-9,12-15,19-20,23-24H,3-5,10-11,16-18H2,1-2H3,(H,32,37). The SMILES string of the molecule is CC(C)C(CC(=O)n1c2ccccc2c2ccccc21)C(=O)NC(CC(=O)OC1CCCCC1)C(=O)CF. The number of aromatic nitrogens is 1. The van der Waals surface area contributed by atoms with Gasteiger partial charge in [0, 0.05) is 23.1 Å². The van der Waals surface area contributed by atoms with Gasteiger partial charge in [-0.25, -0.2) is 4.39 Å². The van der Waals surface area contributed by atoms with Crippen LogP contribution in [0.2, 0.25) is 0 Å². The maximum absolute atomic E-state index is 13.6. The van der Waals surface area contributed by atoms with E-state index in [4.69, 9.17) is 4.74 Å². The molecule has 0 saturated heterocycles. The molecule has 0 bridgehead atoms. The van der Waals surface area contributed by atoms with E-state index in [0.717, 1.165) is 53.9 Å². The van der Waals surface area contributed by atoms with Crippen molar-refractivity contribution in [3.05, 3.63) is 48.5 Å². The number of hydrogen-bond donors (Lipinski definition) is 1. The number of carbonyl (C=O) groups is 4. The number of fused-ring (bicyclic) bond motifs is 3. The summed E-state index contributed by atoms with van der Waals surface area (Å²) in [5.74, 6) is -3.39. The fourth-order valence-corrected chi connectivity index (χ4v) is 5.30. The lowest BCUT2D eigenvalue weighted by Crippen LogP contribution is -2.47. The van der Waals surface area contributed by atoms with Crippen molar-refractivity contribution in [3.63, 3.8) is 0 Å². The number of ether oxygens (including phenoxy) is 1. The maximum Gasteiger partial charge on any atom is 0.308 e. The normalized spacial score (nSPS) is 15.9. The Morgan fingerprint density at radius 3 is 2.05 bits per heavy atom. The van der Waals surface area contributed by atoms with Crippen molar-refractivity contribution < 1.29 is 28.3 Å². The van der Waals surface area contributed by atoms with Gasteiger partial charge in [0.2, 0.25) is 11.8 Å². The molecular formula is C30H35FN2O5. The van der Waals surface area contributed by atoms with Crippen LogP contribution in [0.25, 0.3) is 21.8 Å². The number of hydrogen-bond acceptors (Lipinski definition) is 5. The van der Waals surface area contributed by atoms with E-state index < -0.39 is 42.7 Å². The first kappa shape index (κ1) is 27.5. The summed E-state index contributed by atoms with van der Waals surface area (Å²) in [4.78, 5) is 51.7. The van der Waals surface area contributed by atoms with Crippen molar-refractivity contribution >= 4 is 45.4 Å². The Bertz CT molecular complexity index is 1270. The molecule has 1 saturated carbocycles. The maximum atomic E-state index is 13.6. The van der Waals surface area contributed by atoms with Crippen LogP contribution in [0.5, 0.6) is 0 Å². The van der Waals surface area contributed by atoms with Gasteiger partial charge in [-0.2, -0.15) is 0 Å². The zero-order chi connectivity index (χ0) is 27.2. The third kappa shape index (κ3) is 6.11. The Balaban J connectivity index is 1.50. The number of carbonyl (C=O) groups excluding carboxylic acids is 4. The number of nitrogens with zero attached hydrogens (tertiary/aromatic N) is 1. The van der Waals surface area contributed by atoms with Crippen LogP contribution < -0.4 is 5.32 Å². The third-order valence-corrected chi connectivity index (χ3v) is 7.42. The Morgan fingerprint density at radius 2 is 1.50 bits per heavy atom. The number of nitrogens with one attached hydrogen (secondary N) is 1. The van der Waals surface area contributed by atoms with Crippen LogP contribution in [0.1, 0.15) is 63.6 Å². The van der Waals surface area contributed by atoms with Crippen molar-refractivity contribution in [3.8, 4) is 0 Å². The van der Waals surface area contributed by atoms with Crippen LogP contribution in [0.4, 0.5) is 4.39 Å². The molecule has 1 aliphatic rings. The van der Waals surface area contributed by atoms with E-state index in [0.29, 0.717) is 0 Å². The Morgan fingerprint density at radius 1 is 0.921 bits per heavy atom. The molecule has 1 amide bonds. The number of halogens is 1. The van der Waals surface area contributed by atoms with E-state index in [1.807, 2.05) is 62.4 Å². The summed E-state index contributed by atoms with van der Waals surface area (Å²) in [5, 5.41) is 4.43. The molecule has 7 nitrogen and oxygen atoms in total. The summed E-state index contributed by atoms with van der Waals surface area (Å²) in [6, 6.07) is 13.8. The van der Waals surface area contributed by atoms with Crippen molar-refractivity contribution in [1.29, 1.82) is 0 Å². The molecular weight excluding hydrogens is 487 g/mol. The molecule has 3 aromatic rings. The summed E-state index contributed by atoms with van der Waals surface area (Å²) >= 11 is 0. The van der Waals surface area contributed by atoms with E-state index >= 15 is 0 Å². The number of esters is 1. The average Bonchev–Trinajstić information content (AvgIpc) is 3.25. The monoisotopic (exact) mass is 522 g/mol. The first-order valence-corrected chi connectivity index (χ1v) is 13.4. The quantitative estimate of drug-likeness (QED) is 0.361. The number of alkyl halides is 1. The molecule has 4 rings (SSSR count). The van der Waals surface area contributed by atoms with Crippen LogP contribution in [0, 0.1) is 11.8 Å². The molecule has 2 unspecified atom stereocenters. The summed E-state index contributed by atoms with van der Waals surface area (Å²) in [6.45, 7) is 2.31. The van der Waals surface area contributed by atoms with E-state index in [9.17, 15) is 23.6 Å². The van der Waals surface area contributed by atoms with E-state index in [2.05, 4.69) is 5.32 Å². The van der Waals surface area contributed by atoms with Gasteiger partial charge >= 0.3 is 5.97 Å². The molecule has 0 radical (unpaired) electrons. The minimum Gasteiger partial charge on any atom is -0.462 e. The highest BCUT2D eigenvalue weighted by Crippen LogP contribution is 2.30. The fraction of sp³-hybridized carbons (Fsp3) is 0.467. The molecule has 2 atom stereocenters. The molecule has 202 valence electrons. The Hall–Kier alpha value is -3.55. The molecule has 1 aromatic heterocycles. The molecule has 0 aliphatic heterocycles. The first-order valence-electron chi connectivity index (χ1n) is 13.4. The topological polar surface area (TPSA) is 94.5 Å². The van der Waals surface area contributed by atoms with Crippen molar-refractivity contribution in [2.24, 2.45) is 11.8 Å². The van der Waals surface area contributed by atoms with Crippen molar-refractivity contribution in [1.82, 2.24) is 9.88 Å². The molecule has 1 aliphatic carbocycles. The number of ketones is 1. The second-order valence-electron chi connectivity index (χ2n) is 10.4. The van der Waals surface area contributed by atoms with Gasteiger partial charge in [0.25, 0.3) is 0 Å². The highest BCUT2D eigenvalue weighted by Gasteiger charge is 2.32. The molecule has 8 heteroatoms. The molecule has 1 N–H and O–H groups in total. The second kappa shape index (κ2) is 12.3. The molecule has 1 fully saturated rings. The third-order valence-electron chi connectivity index (χ3n) is 7.42. The van der Waals surface area contributed by atoms with E-state index in [-0.39, 0.29) is 24.3 Å². The number of para-hydroxylation sites is 2. The van der Waals surface area contributed by atoms with Crippen LogP contribution in [-0.2, 0) is 19.1 Å². The van der Waals surface area contributed by atoms with Gasteiger partial charge in [0.1, 0.15) is 18.8 Å². The highest BCUT2D eigenvalue weighted by atomic mass is 19.1. The van der Waals surface area contributed by atoms with Gasteiger partial charge in [-0.1, -0.05) is 56.7 Å². The summed E-state index contributed by atoms with van der Waals surface area (Å²) in [7, 11) is 0. The summed E-state index contributed by atoms with van der Waals surface area (Å²) in [6.07, 6.45) is 3.80. The van der Waals surface area contributed by atoms with Gasteiger partial charge in [-0.15, -0.1) is 0 Å². The number of Topliss-reactive ketones (excluding diaryl/α,β-unsaturated/α-hetero) is 1. The number of amides is 1. The lowest BCUT2D eigenvalue weighted by molar-refractivity contribution is -0.152. The predicted molar refractivity (Wildman–Crippen MR) is 144 cm³/mol. The Labute approximate surface area is 221 Å². The zero-order valence-corrected chi connectivity index (χ0v) is 22.0. The van der Waals surface area contributed by atoms with Gasteiger partial charge in [0.05, 0.1) is 17.5 Å². The van der Waals surface area contributed by atoms with Gasteiger partial charge < -0.3 is 10.1 Å². The number of rotatable bonds is 10. The van der Waals surface area contributed by atoms with Gasteiger partial charge in [0.15, 0.2) is 5.78 Å². The number of benzene rings is 2. The lowest BCUT2D eigenvalue weighted by Gasteiger charge is -2.25. The molecule has 1 heterocycles. The minimum atomic E-state index is -1.34. The van der Waals surface area contributed by atoms with E-state index in [1.54, 1.807) is 4.57 Å². The smallest absolute Gasteiger partial charge is 0.308 e. The van der Waals surface area contributed by atoms with E-state index in [1.165, 1.54) is 0 Å². The summed E-state index contributed by atoms with van der Waals surface area (Å²) < 4.78 is 20.4. The van der Waals surface area contributed by atoms with Crippen molar-refractivity contribution in [2.75, 3.05) is 6.67 Å². The average molecular weight is 523 g/mol. The van der Waals surface area contributed by atoms with Crippen molar-refractivity contribution in [2.45, 2.75) is 70.9 Å². The van der Waals surface area contributed by atoms with Crippen LogP contribution in [0.15, 0.2) is 48.5 Å².